The number of halogens is 5. The fraction of sp³-hybridized carbons (Fsp3) is 0.0952. The molecule has 32 heavy (non-hydrogen) atoms. The summed E-state index contributed by atoms with van der Waals surface area (Å²) < 4.78 is 79.3. The van der Waals surface area contributed by atoms with E-state index in [2.05, 4.69) is 5.32 Å². The van der Waals surface area contributed by atoms with Gasteiger partial charge in [0.1, 0.15) is 12.4 Å². The molecule has 0 aromatic heterocycles. The summed E-state index contributed by atoms with van der Waals surface area (Å²) in [5, 5.41) is 1.89. The Kier molecular flexibility index (Phi) is 6.75. The van der Waals surface area contributed by atoms with Crippen LogP contribution in [0.1, 0.15) is 5.56 Å². The number of rotatable bonds is 6. The number of nitrogens with one attached hydrogen (secondary N) is 1. The highest BCUT2D eigenvalue weighted by atomic mass is 35.5. The molecule has 0 aliphatic rings. The molecule has 0 atom stereocenters. The first-order valence-electron chi connectivity index (χ1n) is 8.98. The van der Waals surface area contributed by atoms with Crippen molar-refractivity contribution < 1.29 is 30.8 Å². The average molecular weight is 487 g/mol. The van der Waals surface area contributed by atoms with Crippen molar-refractivity contribution in [2.45, 2.75) is 11.1 Å². The van der Waals surface area contributed by atoms with E-state index in [9.17, 15) is 30.8 Å². The van der Waals surface area contributed by atoms with E-state index in [1.807, 2.05) is 0 Å². The number of amides is 1. The Bertz CT molecular complexity index is 1240. The van der Waals surface area contributed by atoms with Crippen LogP contribution in [0, 0.1) is 5.82 Å². The quantitative estimate of drug-likeness (QED) is 0.479. The molecule has 1 amide bonds. The molecule has 0 heterocycles. The molecule has 5 nitrogen and oxygen atoms in total. The van der Waals surface area contributed by atoms with Crippen LogP contribution in [0.25, 0.3) is 0 Å². The van der Waals surface area contributed by atoms with Gasteiger partial charge in [-0.1, -0.05) is 35.9 Å². The van der Waals surface area contributed by atoms with Crippen LogP contribution < -0.4 is 9.62 Å². The lowest BCUT2D eigenvalue weighted by Gasteiger charge is -2.24. The predicted molar refractivity (Wildman–Crippen MR) is 112 cm³/mol. The average Bonchev–Trinajstić information content (AvgIpc) is 2.74. The van der Waals surface area contributed by atoms with Gasteiger partial charge >= 0.3 is 6.18 Å². The summed E-state index contributed by atoms with van der Waals surface area (Å²) in [7, 11) is -4.29. The van der Waals surface area contributed by atoms with Crippen LogP contribution in [0.5, 0.6) is 0 Å². The van der Waals surface area contributed by atoms with E-state index < -0.39 is 40.0 Å². The van der Waals surface area contributed by atoms with Crippen LogP contribution >= 0.6 is 11.6 Å². The molecule has 3 rings (SSSR count). The Labute approximate surface area is 186 Å². The van der Waals surface area contributed by atoms with Crippen LogP contribution in [0.3, 0.4) is 0 Å². The predicted octanol–water partition coefficient (Wildman–Crippen LogP) is 5.33. The maximum absolute atomic E-state index is 13.6. The van der Waals surface area contributed by atoms with E-state index in [4.69, 9.17) is 11.6 Å². The molecule has 1 N–H and O–H groups in total. The molecule has 0 unspecified atom stereocenters. The fourth-order valence-corrected chi connectivity index (χ4v) is 4.39. The summed E-state index contributed by atoms with van der Waals surface area (Å²) in [6.45, 7) is -0.796. The van der Waals surface area contributed by atoms with Crippen molar-refractivity contribution in [1.82, 2.24) is 0 Å². The zero-order chi connectivity index (χ0) is 23.5. The van der Waals surface area contributed by atoms with E-state index >= 15 is 0 Å². The maximum atomic E-state index is 13.6. The molecule has 3 aromatic rings. The van der Waals surface area contributed by atoms with E-state index in [1.54, 1.807) is 6.07 Å². The zero-order valence-electron chi connectivity index (χ0n) is 16.1. The van der Waals surface area contributed by atoms with Gasteiger partial charge in [0.25, 0.3) is 10.0 Å². The van der Waals surface area contributed by atoms with Gasteiger partial charge in [-0.3, -0.25) is 9.10 Å². The van der Waals surface area contributed by atoms with Crippen LogP contribution in [0.15, 0.2) is 77.7 Å². The molecular formula is C21H15ClF4N2O3S. The van der Waals surface area contributed by atoms with Gasteiger partial charge in [-0.2, -0.15) is 13.2 Å². The molecule has 0 bridgehead atoms. The third-order valence-electron chi connectivity index (χ3n) is 4.28. The number of carbonyl (C=O) groups is 1. The molecule has 168 valence electrons. The van der Waals surface area contributed by atoms with Crippen molar-refractivity contribution in [2.75, 3.05) is 16.2 Å². The van der Waals surface area contributed by atoms with E-state index in [0.717, 1.165) is 36.4 Å². The number of benzene rings is 3. The number of anilines is 2. The number of carbonyl (C=O) groups excluding carboxylic acids is 1. The second-order valence-corrected chi connectivity index (χ2v) is 8.82. The van der Waals surface area contributed by atoms with Crippen LogP contribution in [0.4, 0.5) is 28.9 Å². The zero-order valence-corrected chi connectivity index (χ0v) is 17.7. The number of nitrogens with zero attached hydrogens (tertiary/aromatic N) is 1. The molecule has 0 saturated heterocycles. The Balaban J connectivity index is 1.94. The molecule has 0 spiro atoms. The Hall–Kier alpha value is -3.11. The molecule has 11 heteroatoms. The summed E-state index contributed by atoms with van der Waals surface area (Å²) in [6.07, 6.45) is -4.62. The minimum absolute atomic E-state index is 0.0977. The van der Waals surface area contributed by atoms with Crippen LogP contribution in [-0.4, -0.2) is 20.9 Å². The summed E-state index contributed by atoms with van der Waals surface area (Å²) >= 11 is 5.78. The van der Waals surface area contributed by atoms with Gasteiger partial charge in [-0.15, -0.1) is 0 Å². The van der Waals surface area contributed by atoms with Crippen molar-refractivity contribution in [1.29, 1.82) is 0 Å². The molecule has 0 saturated carbocycles. The van der Waals surface area contributed by atoms with E-state index in [1.165, 1.54) is 30.3 Å². The summed E-state index contributed by atoms with van der Waals surface area (Å²) in [4.78, 5) is 12.4. The summed E-state index contributed by atoms with van der Waals surface area (Å²) in [6, 6.07) is 14.2. The van der Waals surface area contributed by atoms with E-state index in [0.29, 0.717) is 4.31 Å². The lowest BCUT2D eigenvalue weighted by Crippen LogP contribution is -2.38. The highest BCUT2D eigenvalue weighted by Crippen LogP contribution is 2.31. The molecule has 0 radical (unpaired) electrons. The molecule has 3 aromatic carbocycles. The van der Waals surface area contributed by atoms with Crippen molar-refractivity contribution >= 4 is 38.9 Å². The van der Waals surface area contributed by atoms with Crippen molar-refractivity contribution in [3.05, 3.63) is 89.2 Å². The van der Waals surface area contributed by atoms with Crippen molar-refractivity contribution in [3.8, 4) is 0 Å². The van der Waals surface area contributed by atoms with E-state index in [-0.39, 0.29) is 21.3 Å². The Morgan fingerprint density at radius 1 is 0.969 bits per heavy atom. The molecular weight excluding hydrogens is 472 g/mol. The highest BCUT2D eigenvalue weighted by Gasteiger charge is 2.31. The second kappa shape index (κ2) is 9.17. The lowest BCUT2D eigenvalue weighted by molar-refractivity contribution is -0.137. The number of hydrogen-bond acceptors (Lipinski definition) is 3. The molecule has 0 fully saturated rings. The lowest BCUT2D eigenvalue weighted by atomic mass is 10.2. The highest BCUT2D eigenvalue weighted by molar-refractivity contribution is 7.92. The summed E-state index contributed by atoms with van der Waals surface area (Å²) in [5.41, 5.74) is -1.24. The monoisotopic (exact) mass is 486 g/mol. The van der Waals surface area contributed by atoms with Crippen LogP contribution in [-0.2, 0) is 21.0 Å². The standard InChI is InChI=1S/C21H15ClF4N2O3S/c22-18-12-16(9-10-19(18)23)28(32(30,31)17-7-2-1-3-8-17)13-20(29)27-15-6-4-5-14(11-15)21(24,25)26/h1-12H,13H2,(H,27,29). The minimum Gasteiger partial charge on any atom is -0.325 e. The van der Waals surface area contributed by atoms with Gasteiger partial charge in [0.05, 0.1) is 21.2 Å². The first-order valence-corrected chi connectivity index (χ1v) is 10.8. The second-order valence-electron chi connectivity index (χ2n) is 6.55. The number of hydrogen-bond donors (Lipinski definition) is 1. The summed E-state index contributed by atoms with van der Waals surface area (Å²) in [5.74, 6) is -1.70. The van der Waals surface area contributed by atoms with Gasteiger partial charge in [0, 0.05) is 5.69 Å². The third kappa shape index (κ3) is 5.38. The fourth-order valence-electron chi connectivity index (χ4n) is 2.78. The third-order valence-corrected chi connectivity index (χ3v) is 6.36. The normalized spacial score (nSPS) is 11.8. The van der Waals surface area contributed by atoms with Gasteiger partial charge in [0.15, 0.2) is 0 Å². The topological polar surface area (TPSA) is 66.5 Å². The Morgan fingerprint density at radius 3 is 2.28 bits per heavy atom. The van der Waals surface area contributed by atoms with Crippen LogP contribution in [0.2, 0.25) is 5.02 Å². The smallest absolute Gasteiger partial charge is 0.325 e. The van der Waals surface area contributed by atoms with Crippen molar-refractivity contribution in [2.24, 2.45) is 0 Å². The SMILES string of the molecule is O=C(CN(c1ccc(F)c(Cl)c1)S(=O)(=O)c1ccccc1)Nc1cccc(C(F)(F)F)c1. The van der Waals surface area contributed by atoms with Gasteiger partial charge < -0.3 is 5.32 Å². The minimum atomic E-state index is -4.62. The van der Waals surface area contributed by atoms with Crippen molar-refractivity contribution in [3.63, 3.8) is 0 Å². The number of alkyl halides is 3. The van der Waals surface area contributed by atoms with Gasteiger partial charge in [-0.05, 0) is 48.5 Å². The molecule has 0 aliphatic carbocycles. The largest absolute Gasteiger partial charge is 0.416 e. The first kappa shape index (κ1) is 23.6. The molecule has 0 aliphatic heterocycles. The maximum Gasteiger partial charge on any atom is 0.416 e. The number of sulfonamides is 1. The Morgan fingerprint density at radius 2 is 1.66 bits per heavy atom. The first-order chi connectivity index (χ1) is 15.0. The van der Waals surface area contributed by atoms with Gasteiger partial charge in [-0.25, -0.2) is 12.8 Å². The van der Waals surface area contributed by atoms with Gasteiger partial charge in [0.2, 0.25) is 5.91 Å².